The molecule has 1 heterocycles. The summed E-state index contributed by atoms with van der Waals surface area (Å²) in [6, 6.07) is 0. The molecule has 0 spiro atoms. The molecule has 1 saturated heterocycles. The van der Waals surface area contributed by atoms with Gasteiger partial charge in [0.05, 0.1) is 0 Å². The SMILES string of the molecule is CC(=O)OCC1OC(O)[C@H](OC(C)=O)[C@@H]1OC(C)=O. The fraction of sp³-hybridized carbons (Fsp3) is 0.727. The number of rotatable bonds is 4. The zero-order valence-electron chi connectivity index (χ0n) is 10.8. The van der Waals surface area contributed by atoms with Crippen molar-refractivity contribution in [1.29, 1.82) is 0 Å². The lowest BCUT2D eigenvalue weighted by molar-refractivity contribution is -0.174. The lowest BCUT2D eigenvalue weighted by Crippen LogP contribution is -2.41. The van der Waals surface area contributed by atoms with Crippen LogP contribution in [0.2, 0.25) is 0 Å². The summed E-state index contributed by atoms with van der Waals surface area (Å²) in [5, 5.41) is 9.63. The van der Waals surface area contributed by atoms with Crippen LogP contribution in [0.4, 0.5) is 0 Å². The third-order valence-electron chi connectivity index (χ3n) is 2.34. The van der Waals surface area contributed by atoms with E-state index >= 15 is 0 Å². The maximum atomic E-state index is 11.0. The Morgan fingerprint density at radius 2 is 1.53 bits per heavy atom. The molecule has 1 aliphatic rings. The molecule has 8 nitrogen and oxygen atoms in total. The van der Waals surface area contributed by atoms with Gasteiger partial charge in [-0.3, -0.25) is 14.4 Å². The molecule has 0 aliphatic carbocycles. The highest BCUT2D eigenvalue weighted by molar-refractivity contribution is 5.67. The number of aliphatic hydroxyl groups excluding tert-OH is 1. The number of ether oxygens (including phenoxy) is 4. The van der Waals surface area contributed by atoms with Crippen molar-refractivity contribution in [3.8, 4) is 0 Å². The lowest BCUT2D eigenvalue weighted by atomic mass is 10.1. The van der Waals surface area contributed by atoms with E-state index in [0.29, 0.717) is 0 Å². The van der Waals surface area contributed by atoms with Gasteiger partial charge < -0.3 is 24.1 Å². The van der Waals surface area contributed by atoms with Crippen LogP contribution < -0.4 is 0 Å². The summed E-state index contributed by atoms with van der Waals surface area (Å²) < 4.78 is 19.6. The molecule has 4 atom stereocenters. The van der Waals surface area contributed by atoms with Gasteiger partial charge in [-0.1, -0.05) is 0 Å². The average Bonchev–Trinajstić information content (AvgIpc) is 2.53. The Kier molecular flexibility index (Phi) is 5.25. The molecule has 0 radical (unpaired) electrons. The van der Waals surface area contributed by atoms with Gasteiger partial charge in [-0.25, -0.2) is 0 Å². The first-order valence-corrected chi connectivity index (χ1v) is 5.62. The van der Waals surface area contributed by atoms with Crippen LogP contribution in [0, 0.1) is 0 Å². The van der Waals surface area contributed by atoms with Crippen molar-refractivity contribution in [2.24, 2.45) is 0 Å². The predicted molar refractivity (Wildman–Crippen MR) is 58.6 cm³/mol. The van der Waals surface area contributed by atoms with Gasteiger partial charge in [-0.15, -0.1) is 0 Å². The number of hydrogen-bond donors (Lipinski definition) is 1. The number of hydrogen-bond acceptors (Lipinski definition) is 8. The Labute approximate surface area is 109 Å². The van der Waals surface area contributed by atoms with Gasteiger partial charge in [0.1, 0.15) is 12.7 Å². The summed E-state index contributed by atoms with van der Waals surface area (Å²) in [4.78, 5) is 32.7. The van der Waals surface area contributed by atoms with E-state index in [1.807, 2.05) is 0 Å². The molecule has 0 aromatic carbocycles. The summed E-state index contributed by atoms with van der Waals surface area (Å²) in [5.74, 6) is -1.83. The Bertz CT molecular complexity index is 366. The number of carbonyl (C=O) groups is 3. The number of esters is 3. The van der Waals surface area contributed by atoms with Crippen LogP contribution in [0.1, 0.15) is 20.8 Å². The Balaban J connectivity index is 2.76. The summed E-state index contributed by atoms with van der Waals surface area (Å²) in [7, 11) is 0. The summed E-state index contributed by atoms with van der Waals surface area (Å²) in [5.41, 5.74) is 0. The second-order valence-electron chi connectivity index (χ2n) is 4.02. The van der Waals surface area contributed by atoms with Crippen molar-refractivity contribution >= 4 is 17.9 Å². The van der Waals surface area contributed by atoms with Gasteiger partial charge >= 0.3 is 17.9 Å². The van der Waals surface area contributed by atoms with Crippen LogP contribution in [-0.2, 0) is 33.3 Å². The van der Waals surface area contributed by atoms with Crippen LogP contribution in [-0.4, -0.2) is 54.2 Å². The summed E-state index contributed by atoms with van der Waals surface area (Å²) >= 11 is 0. The molecule has 0 amide bonds. The molecule has 0 saturated carbocycles. The second-order valence-corrected chi connectivity index (χ2v) is 4.02. The average molecular weight is 276 g/mol. The highest BCUT2D eigenvalue weighted by Crippen LogP contribution is 2.26. The lowest BCUT2D eigenvalue weighted by Gasteiger charge is -2.21. The van der Waals surface area contributed by atoms with Crippen molar-refractivity contribution < 1.29 is 38.4 Å². The van der Waals surface area contributed by atoms with Gasteiger partial charge in [-0.05, 0) is 0 Å². The molecule has 1 aliphatic heterocycles. The first-order chi connectivity index (χ1) is 8.81. The highest BCUT2D eigenvalue weighted by atomic mass is 16.7. The quantitative estimate of drug-likeness (QED) is 0.521. The fourth-order valence-electron chi connectivity index (χ4n) is 1.69. The molecular formula is C11H16O8. The monoisotopic (exact) mass is 276 g/mol. The zero-order valence-corrected chi connectivity index (χ0v) is 10.8. The number of aliphatic hydroxyl groups is 1. The van der Waals surface area contributed by atoms with Crippen LogP contribution in [0.25, 0.3) is 0 Å². The highest BCUT2D eigenvalue weighted by Gasteiger charge is 2.48. The molecule has 0 bridgehead atoms. The third-order valence-corrected chi connectivity index (χ3v) is 2.34. The largest absolute Gasteiger partial charge is 0.463 e. The minimum Gasteiger partial charge on any atom is -0.463 e. The second kappa shape index (κ2) is 6.48. The molecule has 2 unspecified atom stereocenters. The summed E-state index contributed by atoms with van der Waals surface area (Å²) in [6.07, 6.45) is -4.53. The molecular weight excluding hydrogens is 260 g/mol. The molecule has 19 heavy (non-hydrogen) atoms. The van der Waals surface area contributed by atoms with Gasteiger partial charge in [0.15, 0.2) is 18.5 Å². The Morgan fingerprint density at radius 3 is 2.00 bits per heavy atom. The van der Waals surface area contributed by atoms with E-state index in [1.54, 1.807) is 0 Å². The van der Waals surface area contributed by atoms with Crippen molar-refractivity contribution in [2.45, 2.75) is 45.4 Å². The molecule has 8 heteroatoms. The van der Waals surface area contributed by atoms with Gasteiger partial charge in [-0.2, -0.15) is 0 Å². The predicted octanol–water partition coefficient (Wildman–Crippen LogP) is -0.870. The summed E-state index contributed by atoms with van der Waals surface area (Å²) in [6.45, 7) is 3.30. The first-order valence-electron chi connectivity index (χ1n) is 5.62. The minimum absolute atomic E-state index is 0.220. The molecule has 1 N–H and O–H groups in total. The maximum absolute atomic E-state index is 11.0. The van der Waals surface area contributed by atoms with Crippen LogP contribution >= 0.6 is 0 Å². The standard InChI is InChI=1S/C11H16O8/c1-5(12)16-4-8-9(17-6(2)13)10(11(15)19-8)18-7(3)14/h8-11,15H,4H2,1-3H3/t8?,9-,10-,11?/m1/s1. The van der Waals surface area contributed by atoms with E-state index in [9.17, 15) is 19.5 Å². The molecule has 1 rings (SSSR count). The van der Waals surface area contributed by atoms with Crippen LogP contribution in [0.5, 0.6) is 0 Å². The van der Waals surface area contributed by atoms with Gasteiger partial charge in [0.25, 0.3) is 0 Å². The van der Waals surface area contributed by atoms with Gasteiger partial charge in [0, 0.05) is 20.8 Å². The number of carbonyl (C=O) groups excluding carboxylic acids is 3. The topological polar surface area (TPSA) is 108 Å². The maximum Gasteiger partial charge on any atom is 0.303 e. The van der Waals surface area contributed by atoms with E-state index in [2.05, 4.69) is 0 Å². The molecule has 108 valence electrons. The van der Waals surface area contributed by atoms with Crippen LogP contribution in [0.15, 0.2) is 0 Å². The first kappa shape index (κ1) is 15.4. The van der Waals surface area contributed by atoms with Gasteiger partial charge in [0.2, 0.25) is 0 Å². The van der Waals surface area contributed by atoms with Crippen molar-refractivity contribution in [1.82, 2.24) is 0 Å². The molecule has 1 fully saturated rings. The van der Waals surface area contributed by atoms with Crippen molar-refractivity contribution in [3.63, 3.8) is 0 Å². The Morgan fingerprint density at radius 1 is 1.00 bits per heavy atom. The minimum atomic E-state index is -1.45. The molecule has 0 aromatic rings. The van der Waals surface area contributed by atoms with E-state index in [-0.39, 0.29) is 6.61 Å². The van der Waals surface area contributed by atoms with E-state index in [0.717, 1.165) is 6.92 Å². The van der Waals surface area contributed by atoms with Crippen molar-refractivity contribution in [2.75, 3.05) is 6.61 Å². The third kappa shape index (κ3) is 4.49. The van der Waals surface area contributed by atoms with E-state index in [1.165, 1.54) is 13.8 Å². The van der Waals surface area contributed by atoms with E-state index in [4.69, 9.17) is 18.9 Å². The van der Waals surface area contributed by atoms with Crippen molar-refractivity contribution in [3.05, 3.63) is 0 Å². The smallest absolute Gasteiger partial charge is 0.303 e. The molecule has 0 aromatic heterocycles. The fourth-order valence-corrected chi connectivity index (χ4v) is 1.69. The Hall–Kier alpha value is -1.67. The van der Waals surface area contributed by atoms with E-state index < -0.39 is 42.5 Å². The zero-order chi connectivity index (χ0) is 14.6. The normalized spacial score (nSPS) is 29.7. The van der Waals surface area contributed by atoms with Crippen LogP contribution in [0.3, 0.4) is 0 Å².